The SMILES string of the molecule is CC(C)[C@@H](CCl)NC(=O)C(C)(C)NC(=O)NC(C)(C)C(=O)N[C@H](CCl)C(C)C. The molecule has 0 aromatic carbocycles. The summed E-state index contributed by atoms with van der Waals surface area (Å²) in [6.07, 6.45) is 0. The molecule has 0 fully saturated rings. The second-order valence-electron chi connectivity index (χ2n) is 8.79. The van der Waals surface area contributed by atoms with Crippen molar-refractivity contribution in [3.8, 4) is 0 Å². The molecule has 28 heavy (non-hydrogen) atoms. The van der Waals surface area contributed by atoms with Crippen molar-refractivity contribution in [1.82, 2.24) is 21.3 Å². The molecule has 0 saturated carbocycles. The number of halogens is 2. The lowest BCUT2D eigenvalue weighted by atomic mass is 10.00. The quantitative estimate of drug-likeness (QED) is 0.394. The van der Waals surface area contributed by atoms with Gasteiger partial charge in [-0.3, -0.25) is 9.59 Å². The number of urea groups is 1. The van der Waals surface area contributed by atoms with Crippen LogP contribution in [0.2, 0.25) is 0 Å². The second-order valence-corrected chi connectivity index (χ2v) is 9.40. The third-order valence-corrected chi connectivity index (χ3v) is 5.23. The monoisotopic (exact) mass is 438 g/mol. The molecule has 0 unspecified atom stereocenters. The third kappa shape index (κ3) is 8.43. The standard InChI is InChI=1S/C19H36Cl2N4O3/c1-11(2)13(9-20)22-15(26)18(5,6)24-17(28)25-19(7,8)16(27)23-14(10-21)12(3)4/h11-14H,9-10H2,1-8H3,(H,22,26)(H,23,27)(H2,24,25,28)/t13-,14-/m1/s1. The molecule has 0 heterocycles. The molecule has 0 aromatic rings. The highest BCUT2D eigenvalue weighted by molar-refractivity contribution is 6.18. The van der Waals surface area contributed by atoms with Gasteiger partial charge in [0.25, 0.3) is 0 Å². The Balaban J connectivity index is 4.95. The molecule has 4 N–H and O–H groups in total. The first kappa shape index (κ1) is 26.8. The van der Waals surface area contributed by atoms with Gasteiger partial charge < -0.3 is 21.3 Å². The van der Waals surface area contributed by atoms with E-state index >= 15 is 0 Å². The molecule has 0 radical (unpaired) electrons. The van der Waals surface area contributed by atoms with Crippen LogP contribution in [0, 0.1) is 11.8 Å². The van der Waals surface area contributed by atoms with E-state index in [4.69, 9.17) is 23.2 Å². The van der Waals surface area contributed by atoms with Gasteiger partial charge in [0, 0.05) is 23.8 Å². The summed E-state index contributed by atoms with van der Waals surface area (Å²) in [6.45, 7) is 14.1. The first-order valence-corrected chi connectivity index (χ1v) is 10.6. The van der Waals surface area contributed by atoms with Crippen LogP contribution in [-0.2, 0) is 9.59 Å². The summed E-state index contributed by atoms with van der Waals surface area (Å²) in [7, 11) is 0. The molecule has 0 aliphatic heterocycles. The summed E-state index contributed by atoms with van der Waals surface area (Å²) < 4.78 is 0. The van der Waals surface area contributed by atoms with E-state index in [-0.39, 0.29) is 47.5 Å². The number of hydrogen-bond donors (Lipinski definition) is 4. The minimum atomic E-state index is -1.19. The lowest BCUT2D eigenvalue weighted by molar-refractivity contribution is -0.127. The Morgan fingerprint density at radius 2 is 1.00 bits per heavy atom. The predicted molar refractivity (Wildman–Crippen MR) is 115 cm³/mol. The van der Waals surface area contributed by atoms with Gasteiger partial charge in [0.2, 0.25) is 11.8 Å². The average Bonchev–Trinajstić information content (AvgIpc) is 2.54. The summed E-state index contributed by atoms with van der Waals surface area (Å²) in [5.41, 5.74) is -2.38. The molecule has 9 heteroatoms. The molecule has 0 aromatic heterocycles. The predicted octanol–water partition coefficient (Wildman–Crippen LogP) is 2.60. The van der Waals surface area contributed by atoms with E-state index in [0.29, 0.717) is 0 Å². The van der Waals surface area contributed by atoms with Crippen molar-refractivity contribution >= 4 is 41.0 Å². The Bertz CT molecular complexity index is 505. The summed E-state index contributed by atoms with van der Waals surface area (Å²) in [4.78, 5) is 37.5. The summed E-state index contributed by atoms with van der Waals surface area (Å²) in [5, 5.41) is 10.9. The van der Waals surface area contributed by atoms with Gasteiger partial charge in [-0.05, 0) is 39.5 Å². The maximum Gasteiger partial charge on any atom is 0.316 e. The van der Waals surface area contributed by atoms with Crippen molar-refractivity contribution < 1.29 is 14.4 Å². The van der Waals surface area contributed by atoms with Gasteiger partial charge in [-0.2, -0.15) is 0 Å². The van der Waals surface area contributed by atoms with Crippen molar-refractivity contribution in [2.24, 2.45) is 11.8 Å². The third-order valence-electron chi connectivity index (χ3n) is 4.56. The van der Waals surface area contributed by atoms with Gasteiger partial charge in [0.15, 0.2) is 0 Å². The van der Waals surface area contributed by atoms with Crippen molar-refractivity contribution in [3.05, 3.63) is 0 Å². The first-order valence-electron chi connectivity index (χ1n) is 9.52. The summed E-state index contributed by atoms with van der Waals surface area (Å²) in [6, 6.07) is -1.03. The van der Waals surface area contributed by atoms with Crippen LogP contribution < -0.4 is 21.3 Å². The number of rotatable bonds is 10. The van der Waals surface area contributed by atoms with Crippen LogP contribution in [0.15, 0.2) is 0 Å². The van der Waals surface area contributed by atoms with Crippen LogP contribution in [0.5, 0.6) is 0 Å². The second kappa shape index (κ2) is 11.1. The van der Waals surface area contributed by atoms with E-state index in [1.54, 1.807) is 27.7 Å². The van der Waals surface area contributed by atoms with Crippen LogP contribution >= 0.6 is 23.2 Å². The van der Waals surface area contributed by atoms with Crippen molar-refractivity contribution in [3.63, 3.8) is 0 Å². The highest BCUT2D eigenvalue weighted by Gasteiger charge is 2.35. The molecular weight excluding hydrogens is 403 g/mol. The number of alkyl halides is 2. The van der Waals surface area contributed by atoms with Gasteiger partial charge >= 0.3 is 6.03 Å². The largest absolute Gasteiger partial charge is 0.350 e. The highest BCUT2D eigenvalue weighted by Crippen LogP contribution is 2.11. The average molecular weight is 439 g/mol. The van der Waals surface area contributed by atoms with E-state index in [2.05, 4.69) is 21.3 Å². The number of carbonyl (C=O) groups is 3. The number of amides is 4. The number of carbonyl (C=O) groups excluding carboxylic acids is 3. The van der Waals surface area contributed by atoms with Crippen LogP contribution in [0.4, 0.5) is 4.79 Å². The lowest BCUT2D eigenvalue weighted by Gasteiger charge is -2.32. The molecule has 7 nitrogen and oxygen atoms in total. The molecule has 164 valence electrons. The van der Waals surface area contributed by atoms with Gasteiger partial charge in [-0.25, -0.2) is 4.79 Å². The smallest absolute Gasteiger partial charge is 0.316 e. The molecule has 0 rings (SSSR count). The van der Waals surface area contributed by atoms with Crippen LogP contribution in [0.25, 0.3) is 0 Å². The lowest BCUT2D eigenvalue weighted by Crippen LogP contribution is -2.64. The van der Waals surface area contributed by atoms with Crippen LogP contribution in [-0.4, -0.2) is 52.8 Å². The van der Waals surface area contributed by atoms with Gasteiger partial charge in [0.05, 0.1) is 0 Å². The highest BCUT2D eigenvalue weighted by atomic mass is 35.5. The van der Waals surface area contributed by atoms with Crippen LogP contribution in [0.3, 0.4) is 0 Å². The molecular formula is C19H36Cl2N4O3. The van der Waals surface area contributed by atoms with E-state index in [0.717, 1.165) is 0 Å². The molecule has 2 atom stereocenters. The fraction of sp³-hybridized carbons (Fsp3) is 0.842. The number of hydrogen-bond acceptors (Lipinski definition) is 3. The summed E-state index contributed by atoms with van der Waals surface area (Å²) >= 11 is 11.8. The Morgan fingerprint density at radius 3 is 1.21 bits per heavy atom. The van der Waals surface area contributed by atoms with Crippen molar-refractivity contribution in [1.29, 1.82) is 0 Å². The topological polar surface area (TPSA) is 99.3 Å². The molecule has 4 amide bonds. The van der Waals surface area contributed by atoms with Gasteiger partial charge in [-0.15, -0.1) is 23.2 Å². The zero-order valence-electron chi connectivity index (χ0n) is 18.2. The van der Waals surface area contributed by atoms with E-state index in [1.165, 1.54) is 0 Å². The Labute approximate surface area is 179 Å². The Morgan fingerprint density at radius 1 is 0.714 bits per heavy atom. The fourth-order valence-corrected chi connectivity index (χ4v) is 3.04. The zero-order valence-corrected chi connectivity index (χ0v) is 19.7. The van der Waals surface area contributed by atoms with E-state index in [9.17, 15) is 14.4 Å². The minimum Gasteiger partial charge on any atom is -0.350 e. The zero-order chi connectivity index (χ0) is 22.3. The van der Waals surface area contributed by atoms with E-state index < -0.39 is 17.1 Å². The Hall–Kier alpha value is -1.21. The maximum absolute atomic E-state index is 12.5. The molecule has 0 aliphatic rings. The van der Waals surface area contributed by atoms with Crippen molar-refractivity contribution in [2.45, 2.75) is 78.6 Å². The number of nitrogens with one attached hydrogen (secondary N) is 4. The van der Waals surface area contributed by atoms with Crippen molar-refractivity contribution in [2.75, 3.05) is 11.8 Å². The molecule has 0 aliphatic carbocycles. The van der Waals surface area contributed by atoms with Gasteiger partial charge in [-0.1, -0.05) is 27.7 Å². The summed E-state index contributed by atoms with van der Waals surface area (Å²) in [5.74, 6) is 0.152. The first-order chi connectivity index (χ1) is 12.7. The molecule has 0 bridgehead atoms. The Kier molecular flexibility index (Phi) is 10.6. The van der Waals surface area contributed by atoms with Crippen LogP contribution in [0.1, 0.15) is 55.4 Å². The van der Waals surface area contributed by atoms with Gasteiger partial charge in [0.1, 0.15) is 11.1 Å². The minimum absolute atomic E-state index is 0.157. The van der Waals surface area contributed by atoms with E-state index in [1.807, 2.05) is 27.7 Å². The molecule has 0 saturated heterocycles. The maximum atomic E-state index is 12.5. The fourth-order valence-electron chi connectivity index (χ4n) is 2.18. The normalized spacial score (nSPS) is 14.4. The molecule has 0 spiro atoms.